The number of hydrogen-bond donors (Lipinski definition) is 2. The van der Waals surface area contributed by atoms with Gasteiger partial charge >= 0.3 is 0 Å². The van der Waals surface area contributed by atoms with E-state index >= 15 is 0 Å². The van der Waals surface area contributed by atoms with Crippen LogP contribution >= 0.6 is 31.9 Å². The normalized spacial score (nSPS) is 10.3. The van der Waals surface area contributed by atoms with Gasteiger partial charge in [0, 0.05) is 24.2 Å². The van der Waals surface area contributed by atoms with Gasteiger partial charge in [0.1, 0.15) is 5.75 Å². The third-order valence-corrected chi connectivity index (χ3v) is 3.56. The zero-order chi connectivity index (χ0) is 14.3. The van der Waals surface area contributed by atoms with Crippen molar-refractivity contribution in [3.8, 4) is 5.75 Å². The van der Waals surface area contributed by atoms with Crippen LogP contribution < -0.4 is 15.4 Å². The molecule has 0 unspecified atom stereocenters. The lowest BCUT2D eigenvalue weighted by molar-refractivity contribution is -0.115. The van der Waals surface area contributed by atoms with Crippen LogP contribution in [0.2, 0.25) is 0 Å². The maximum atomic E-state index is 11.7. The lowest BCUT2D eigenvalue weighted by Crippen LogP contribution is -2.30. The zero-order valence-electron chi connectivity index (χ0n) is 10.8. The summed E-state index contributed by atoms with van der Waals surface area (Å²) in [5.74, 6) is 0.534. The number of hydrogen-bond acceptors (Lipinski definition) is 4. The van der Waals surface area contributed by atoms with Gasteiger partial charge < -0.3 is 20.1 Å². The number of ether oxygens (including phenoxy) is 2. The minimum atomic E-state index is -0.124. The van der Waals surface area contributed by atoms with E-state index in [1.807, 2.05) is 6.07 Å². The molecule has 0 aliphatic carbocycles. The van der Waals surface area contributed by atoms with Gasteiger partial charge in [-0.05, 0) is 37.9 Å². The van der Waals surface area contributed by atoms with Crippen molar-refractivity contribution in [1.29, 1.82) is 0 Å². The van der Waals surface area contributed by atoms with Crippen LogP contribution in [0.25, 0.3) is 0 Å². The third kappa shape index (κ3) is 5.48. The van der Waals surface area contributed by atoms with Gasteiger partial charge in [0.05, 0.1) is 30.4 Å². The second-order valence-corrected chi connectivity index (χ2v) is 5.39. The van der Waals surface area contributed by atoms with Crippen molar-refractivity contribution >= 4 is 43.5 Å². The predicted octanol–water partition coefficient (Wildman–Crippen LogP) is 2.39. The molecule has 0 aliphatic rings. The molecule has 1 rings (SSSR count). The van der Waals surface area contributed by atoms with Crippen molar-refractivity contribution in [1.82, 2.24) is 5.32 Å². The van der Waals surface area contributed by atoms with Gasteiger partial charge in [-0.2, -0.15) is 0 Å². The second-order valence-electron chi connectivity index (χ2n) is 3.68. The Morgan fingerprint density at radius 2 is 2.00 bits per heavy atom. The molecule has 0 aliphatic heterocycles. The molecule has 7 heteroatoms. The zero-order valence-corrected chi connectivity index (χ0v) is 13.9. The summed E-state index contributed by atoms with van der Waals surface area (Å²) in [5.41, 5.74) is 0.665. The Labute approximate surface area is 129 Å². The minimum Gasteiger partial charge on any atom is -0.495 e. The van der Waals surface area contributed by atoms with Crippen molar-refractivity contribution in [2.45, 2.75) is 0 Å². The molecule has 19 heavy (non-hydrogen) atoms. The summed E-state index contributed by atoms with van der Waals surface area (Å²) in [5, 5.41) is 5.77. The molecule has 0 heterocycles. The Kier molecular flexibility index (Phi) is 7.37. The van der Waals surface area contributed by atoms with Crippen molar-refractivity contribution in [3.05, 3.63) is 21.1 Å². The van der Waals surface area contributed by atoms with Gasteiger partial charge in [-0.15, -0.1) is 0 Å². The number of amides is 1. The van der Waals surface area contributed by atoms with Crippen molar-refractivity contribution in [3.63, 3.8) is 0 Å². The fourth-order valence-electron chi connectivity index (χ4n) is 1.35. The molecule has 0 saturated carbocycles. The van der Waals surface area contributed by atoms with E-state index in [0.717, 1.165) is 8.95 Å². The first-order valence-corrected chi connectivity index (χ1v) is 7.19. The van der Waals surface area contributed by atoms with Crippen LogP contribution in [0.3, 0.4) is 0 Å². The third-order valence-electron chi connectivity index (χ3n) is 2.28. The van der Waals surface area contributed by atoms with Crippen molar-refractivity contribution < 1.29 is 14.3 Å². The molecule has 0 saturated heterocycles. The summed E-state index contributed by atoms with van der Waals surface area (Å²) < 4.78 is 11.7. The first-order chi connectivity index (χ1) is 9.08. The van der Waals surface area contributed by atoms with Crippen molar-refractivity contribution in [2.24, 2.45) is 0 Å². The number of rotatable bonds is 7. The number of carbonyl (C=O) groups excluding carboxylic acids is 1. The Hall–Kier alpha value is -0.630. The molecule has 1 aromatic carbocycles. The van der Waals surface area contributed by atoms with E-state index in [0.29, 0.717) is 24.6 Å². The highest BCUT2D eigenvalue weighted by Crippen LogP contribution is 2.34. The van der Waals surface area contributed by atoms with Crippen LogP contribution in [0.4, 0.5) is 5.69 Å². The summed E-state index contributed by atoms with van der Waals surface area (Å²) >= 11 is 6.76. The molecule has 5 nitrogen and oxygen atoms in total. The molecular formula is C12H16Br2N2O3. The van der Waals surface area contributed by atoms with Crippen LogP contribution in [0.1, 0.15) is 0 Å². The molecule has 0 aromatic heterocycles. The van der Waals surface area contributed by atoms with Crippen LogP contribution in [-0.2, 0) is 9.53 Å². The van der Waals surface area contributed by atoms with E-state index in [1.165, 1.54) is 0 Å². The van der Waals surface area contributed by atoms with Gasteiger partial charge in [-0.1, -0.05) is 0 Å². The number of anilines is 1. The van der Waals surface area contributed by atoms with E-state index in [2.05, 4.69) is 42.5 Å². The Balaban J connectivity index is 2.58. The van der Waals surface area contributed by atoms with Gasteiger partial charge in [0.15, 0.2) is 0 Å². The molecule has 0 bridgehead atoms. The molecule has 0 radical (unpaired) electrons. The lowest BCUT2D eigenvalue weighted by Gasteiger charge is -2.11. The fourth-order valence-corrected chi connectivity index (χ4v) is 2.61. The minimum absolute atomic E-state index is 0.124. The lowest BCUT2D eigenvalue weighted by atomic mass is 10.3. The molecule has 0 atom stereocenters. The van der Waals surface area contributed by atoms with Crippen molar-refractivity contribution in [2.75, 3.05) is 39.2 Å². The Morgan fingerprint density at radius 1 is 1.26 bits per heavy atom. The molecule has 0 spiro atoms. The van der Waals surface area contributed by atoms with E-state index in [-0.39, 0.29) is 12.5 Å². The molecule has 0 fully saturated rings. The Morgan fingerprint density at radius 3 is 2.63 bits per heavy atom. The number of carbonyl (C=O) groups is 1. The van der Waals surface area contributed by atoms with E-state index in [9.17, 15) is 4.79 Å². The standard InChI is InChI=1S/C12H16Br2N2O3/c1-18-4-3-15-7-12(17)16-10-6-11(19-2)9(14)5-8(10)13/h5-6,15H,3-4,7H2,1-2H3,(H,16,17). The van der Waals surface area contributed by atoms with Gasteiger partial charge in [-0.25, -0.2) is 0 Å². The SMILES string of the molecule is COCCNCC(=O)Nc1cc(OC)c(Br)cc1Br. The van der Waals surface area contributed by atoms with Crippen LogP contribution in [0, 0.1) is 0 Å². The summed E-state index contributed by atoms with van der Waals surface area (Å²) in [7, 11) is 3.19. The first kappa shape index (κ1) is 16.4. The number of nitrogens with one attached hydrogen (secondary N) is 2. The monoisotopic (exact) mass is 394 g/mol. The Bertz CT molecular complexity index is 441. The largest absolute Gasteiger partial charge is 0.495 e. The topological polar surface area (TPSA) is 59.6 Å². The maximum Gasteiger partial charge on any atom is 0.238 e. The first-order valence-electron chi connectivity index (χ1n) is 5.61. The summed E-state index contributed by atoms with van der Waals surface area (Å²) in [6.45, 7) is 1.44. The van der Waals surface area contributed by atoms with E-state index < -0.39 is 0 Å². The quantitative estimate of drug-likeness (QED) is 0.696. The van der Waals surface area contributed by atoms with Crippen LogP contribution in [-0.4, -0.2) is 39.8 Å². The second kappa shape index (κ2) is 8.52. The highest BCUT2D eigenvalue weighted by atomic mass is 79.9. The summed E-state index contributed by atoms with van der Waals surface area (Å²) in [4.78, 5) is 11.7. The van der Waals surface area contributed by atoms with Gasteiger partial charge in [0.2, 0.25) is 5.91 Å². The molecule has 2 N–H and O–H groups in total. The van der Waals surface area contributed by atoms with Crippen LogP contribution in [0.5, 0.6) is 5.75 Å². The van der Waals surface area contributed by atoms with Gasteiger partial charge in [0.25, 0.3) is 0 Å². The maximum absolute atomic E-state index is 11.7. The molecule has 1 amide bonds. The fraction of sp³-hybridized carbons (Fsp3) is 0.417. The molecular weight excluding hydrogens is 380 g/mol. The van der Waals surface area contributed by atoms with E-state index in [1.54, 1.807) is 20.3 Å². The summed E-state index contributed by atoms with van der Waals surface area (Å²) in [6, 6.07) is 3.58. The number of methoxy groups -OCH3 is 2. The highest BCUT2D eigenvalue weighted by Gasteiger charge is 2.09. The van der Waals surface area contributed by atoms with Gasteiger partial charge in [-0.3, -0.25) is 4.79 Å². The summed E-state index contributed by atoms with van der Waals surface area (Å²) in [6.07, 6.45) is 0. The average molecular weight is 396 g/mol. The van der Waals surface area contributed by atoms with Crippen LogP contribution in [0.15, 0.2) is 21.1 Å². The number of benzene rings is 1. The molecule has 1 aromatic rings. The average Bonchev–Trinajstić information content (AvgIpc) is 2.38. The van der Waals surface area contributed by atoms with E-state index in [4.69, 9.17) is 9.47 Å². The predicted molar refractivity (Wildman–Crippen MR) is 81.8 cm³/mol. The smallest absolute Gasteiger partial charge is 0.238 e. The number of halogens is 2. The highest BCUT2D eigenvalue weighted by molar-refractivity contribution is 9.11. The molecule has 106 valence electrons.